The van der Waals surface area contributed by atoms with Crippen molar-refractivity contribution in [3.05, 3.63) is 29.8 Å². The molecule has 144 valence electrons. The number of likely N-dealkylation sites (N-methyl/N-ethyl adjacent to an activating group) is 1. The normalized spacial score (nSPS) is 25.0. The zero-order valence-electron chi connectivity index (χ0n) is 15.0. The molecule has 1 aliphatic carbocycles. The van der Waals surface area contributed by atoms with Gasteiger partial charge in [0, 0.05) is 25.7 Å². The van der Waals surface area contributed by atoms with Crippen LogP contribution in [0.15, 0.2) is 29.2 Å². The molecule has 1 aromatic rings. The Kier molecular flexibility index (Phi) is 5.96. The van der Waals surface area contributed by atoms with Crippen molar-refractivity contribution >= 4 is 15.9 Å². The Morgan fingerprint density at radius 2 is 1.77 bits per heavy atom. The topological polar surface area (TPSA) is 87.2 Å². The van der Waals surface area contributed by atoms with Gasteiger partial charge in [-0.05, 0) is 37.1 Å². The number of aliphatic hydroxyl groups is 1. The molecule has 2 atom stereocenters. The van der Waals surface area contributed by atoms with Crippen molar-refractivity contribution < 1.29 is 23.1 Å². The first-order valence-electron chi connectivity index (χ1n) is 9.04. The third-order valence-corrected chi connectivity index (χ3v) is 7.13. The fourth-order valence-corrected chi connectivity index (χ4v) is 5.01. The quantitative estimate of drug-likeness (QED) is 0.842. The predicted octanol–water partition coefficient (Wildman–Crippen LogP) is 1.08. The lowest BCUT2D eigenvalue weighted by Crippen LogP contribution is -2.46. The molecule has 26 heavy (non-hydrogen) atoms. The van der Waals surface area contributed by atoms with Gasteiger partial charge >= 0.3 is 0 Å². The zero-order valence-corrected chi connectivity index (χ0v) is 15.8. The Balaban J connectivity index is 1.73. The van der Waals surface area contributed by atoms with Crippen LogP contribution in [0.5, 0.6) is 0 Å². The minimum Gasteiger partial charge on any atom is -0.391 e. The number of amides is 1. The van der Waals surface area contributed by atoms with Crippen LogP contribution < -0.4 is 0 Å². The maximum absolute atomic E-state index is 12.7. The van der Waals surface area contributed by atoms with Gasteiger partial charge in [0.2, 0.25) is 10.0 Å². The highest BCUT2D eigenvalue weighted by atomic mass is 32.2. The summed E-state index contributed by atoms with van der Waals surface area (Å²) in [6.45, 7) is 1.46. The Hall–Kier alpha value is -1.48. The average molecular weight is 382 g/mol. The van der Waals surface area contributed by atoms with Gasteiger partial charge in [-0.3, -0.25) is 4.79 Å². The molecule has 1 saturated carbocycles. The van der Waals surface area contributed by atoms with Crippen LogP contribution in [-0.2, 0) is 14.8 Å². The van der Waals surface area contributed by atoms with Crippen molar-refractivity contribution in [2.75, 3.05) is 33.4 Å². The van der Waals surface area contributed by atoms with Crippen LogP contribution >= 0.6 is 0 Å². The van der Waals surface area contributed by atoms with Crippen molar-refractivity contribution in [1.29, 1.82) is 0 Å². The van der Waals surface area contributed by atoms with E-state index in [0.717, 1.165) is 19.3 Å². The Morgan fingerprint density at radius 3 is 2.38 bits per heavy atom. The van der Waals surface area contributed by atoms with Crippen molar-refractivity contribution in [3.8, 4) is 0 Å². The van der Waals surface area contributed by atoms with Crippen molar-refractivity contribution in [3.63, 3.8) is 0 Å². The highest BCUT2D eigenvalue weighted by Gasteiger charge is 2.30. The average Bonchev–Trinajstić information content (AvgIpc) is 2.68. The molecule has 3 rings (SSSR count). The number of morpholine rings is 1. The van der Waals surface area contributed by atoms with Gasteiger partial charge in [0.25, 0.3) is 5.91 Å². The first-order chi connectivity index (χ1) is 12.4. The van der Waals surface area contributed by atoms with Gasteiger partial charge in [0.1, 0.15) is 0 Å². The number of carbonyl (C=O) groups excluding carboxylic acids is 1. The van der Waals surface area contributed by atoms with E-state index in [4.69, 9.17) is 4.74 Å². The third-order valence-electron chi connectivity index (χ3n) is 5.22. The van der Waals surface area contributed by atoms with Gasteiger partial charge in [0.05, 0.1) is 30.3 Å². The summed E-state index contributed by atoms with van der Waals surface area (Å²) in [6.07, 6.45) is 2.97. The van der Waals surface area contributed by atoms with E-state index in [2.05, 4.69) is 0 Å². The molecular weight excluding hydrogens is 356 g/mol. The van der Waals surface area contributed by atoms with Gasteiger partial charge in [-0.1, -0.05) is 12.8 Å². The molecule has 1 N–H and O–H groups in total. The first-order valence-corrected chi connectivity index (χ1v) is 10.5. The minimum atomic E-state index is -3.57. The lowest BCUT2D eigenvalue weighted by Gasteiger charge is -2.35. The molecule has 0 spiro atoms. The Morgan fingerprint density at radius 1 is 1.15 bits per heavy atom. The number of rotatable bonds is 4. The number of sulfonamides is 1. The van der Waals surface area contributed by atoms with E-state index in [0.29, 0.717) is 38.3 Å². The van der Waals surface area contributed by atoms with Crippen molar-refractivity contribution in [2.45, 2.75) is 42.7 Å². The molecule has 0 aromatic heterocycles. The van der Waals surface area contributed by atoms with Crippen LogP contribution in [0.4, 0.5) is 0 Å². The van der Waals surface area contributed by atoms with Crippen LogP contribution in [0.2, 0.25) is 0 Å². The van der Waals surface area contributed by atoms with E-state index in [9.17, 15) is 18.3 Å². The molecule has 1 aliphatic heterocycles. The molecule has 2 aliphatic rings. The minimum absolute atomic E-state index is 0.177. The number of nitrogens with zero attached hydrogens (tertiary/aromatic N) is 2. The van der Waals surface area contributed by atoms with Crippen LogP contribution in [0, 0.1) is 0 Å². The number of hydrogen-bond acceptors (Lipinski definition) is 5. The molecule has 0 bridgehead atoms. The molecule has 1 amide bonds. The maximum Gasteiger partial charge on any atom is 0.253 e. The van der Waals surface area contributed by atoms with E-state index >= 15 is 0 Å². The van der Waals surface area contributed by atoms with Gasteiger partial charge < -0.3 is 14.7 Å². The van der Waals surface area contributed by atoms with Gasteiger partial charge in [0.15, 0.2) is 0 Å². The molecule has 0 radical (unpaired) electrons. The molecule has 1 aromatic carbocycles. The van der Waals surface area contributed by atoms with Gasteiger partial charge in [-0.15, -0.1) is 0 Å². The molecular formula is C18H26N2O5S. The summed E-state index contributed by atoms with van der Waals surface area (Å²) in [5.41, 5.74) is 0.422. The first kappa shape index (κ1) is 19.3. The van der Waals surface area contributed by atoms with Crippen molar-refractivity contribution in [2.24, 2.45) is 0 Å². The van der Waals surface area contributed by atoms with Crippen molar-refractivity contribution in [1.82, 2.24) is 9.21 Å². The second-order valence-electron chi connectivity index (χ2n) is 6.88. The van der Waals surface area contributed by atoms with E-state index in [-0.39, 0.29) is 16.8 Å². The summed E-state index contributed by atoms with van der Waals surface area (Å²) < 4.78 is 31.9. The van der Waals surface area contributed by atoms with Crippen LogP contribution in [-0.4, -0.2) is 74.1 Å². The molecule has 1 heterocycles. The predicted molar refractivity (Wildman–Crippen MR) is 96.4 cm³/mol. The molecule has 7 nitrogen and oxygen atoms in total. The standard InChI is InChI=1S/C18H26N2O5S/c1-19(16-4-2-3-5-17(16)21)18(22)14-6-8-15(9-7-14)26(23,24)20-10-12-25-13-11-20/h6-9,16-17,21H,2-5,10-13H2,1H3/t16-,17-/m1/s1. The van der Waals surface area contributed by atoms with E-state index < -0.39 is 16.1 Å². The largest absolute Gasteiger partial charge is 0.391 e. The van der Waals surface area contributed by atoms with Crippen LogP contribution in [0.25, 0.3) is 0 Å². The summed E-state index contributed by atoms with van der Waals surface area (Å²) in [5.74, 6) is -0.203. The number of hydrogen-bond donors (Lipinski definition) is 1. The van der Waals surface area contributed by atoms with Gasteiger partial charge in [-0.2, -0.15) is 4.31 Å². The zero-order chi connectivity index (χ0) is 18.7. The highest BCUT2D eigenvalue weighted by molar-refractivity contribution is 7.89. The second kappa shape index (κ2) is 8.04. The summed E-state index contributed by atoms with van der Waals surface area (Å²) in [6, 6.07) is 5.85. The molecule has 8 heteroatoms. The fourth-order valence-electron chi connectivity index (χ4n) is 3.60. The summed E-state index contributed by atoms with van der Waals surface area (Å²) in [4.78, 5) is 14.4. The summed E-state index contributed by atoms with van der Waals surface area (Å²) in [7, 11) is -1.87. The SMILES string of the molecule is CN(C(=O)c1ccc(S(=O)(=O)N2CCOCC2)cc1)[C@@H]1CCCC[C@H]1O. The molecule has 1 saturated heterocycles. The lowest BCUT2D eigenvalue weighted by molar-refractivity contribution is 0.0268. The second-order valence-corrected chi connectivity index (χ2v) is 8.81. The lowest BCUT2D eigenvalue weighted by atomic mass is 9.91. The van der Waals surface area contributed by atoms with Gasteiger partial charge in [-0.25, -0.2) is 8.42 Å². The Bertz CT molecular complexity index is 728. The number of aliphatic hydroxyl groups excluding tert-OH is 1. The summed E-state index contributed by atoms with van der Waals surface area (Å²) in [5, 5.41) is 10.1. The number of benzene rings is 1. The third kappa shape index (κ3) is 3.93. The summed E-state index contributed by atoms with van der Waals surface area (Å²) >= 11 is 0. The Labute approximate surface area is 154 Å². The van der Waals surface area contributed by atoms with E-state index in [1.54, 1.807) is 24.1 Å². The highest BCUT2D eigenvalue weighted by Crippen LogP contribution is 2.24. The number of carbonyl (C=O) groups is 1. The van der Waals surface area contributed by atoms with E-state index in [1.165, 1.54) is 16.4 Å². The van der Waals surface area contributed by atoms with E-state index in [1.807, 2.05) is 0 Å². The van der Waals surface area contributed by atoms with Crippen LogP contribution in [0.1, 0.15) is 36.0 Å². The fraction of sp³-hybridized carbons (Fsp3) is 0.611. The smallest absolute Gasteiger partial charge is 0.253 e. The molecule has 2 fully saturated rings. The monoisotopic (exact) mass is 382 g/mol. The molecule has 0 unspecified atom stereocenters. The number of ether oxygens (including phenoxy) is 1. The maximum atomic E-state index is 12.7. The van der Waals surface area contributed by atoms with Crippen LogP contribution in [0.3, 0.4) is 0 Å².